The zero-order valence-electron chi connectivity index (χ0n) is 12.2. The van der Waals surface area contributed by atoms with Gasteiger partial charge in [-0.05, 0) is 44.5 Å². The largest absolute Gasteiger partial charge is 0.449 e. The number of benzene rings is 1. The SMILES string of the molecule is CCCOS(=O)(=O)Oc1ccc(NC(=O)OC(C)C)cc1. The van der Waals surface area contributed by atoms with Gasteiger partial charge in [0.1, 0.15) is 5.75 Å². The fourth-order valence-corrected chi connectivity index (χ4v) is 2.05. The van der Waals surface area contributed by atoms with Crippen LogP contribution in [-0.4, -0.2) is 27.2 Å². The van der Waals surface area contributed by atoms with Crippen molar-refractivity contribution in [2.45, 2.75) is 33.3 Å². The molecule has 118 valence electrons. The summed E-state index contributed by atoms with van der Waals surface area (Å²) in [4.78, 5) is 11.4. The van der Waals surface area contributed by atoms with E-state index in [0.717, 1.165) is 0 Å². The van der Waals surface area contributed by atoms with Gasteiger partial charge in [0.05, 0.1) is 12.7 Å². The number of amides is 1. The van der Waals surface area contributed by atoms with Crippen molar-refractivity contribution in [3.05, 3.63) is 24.3 Å². The summed E-state index contributed by atoms with van der Waals surface area (Å²) < 4.78 is 37.0. The third-order valence-electron chi connectivity index (χ3n) is 2.07. The molecule has 0 bridgehead atoms. The molecule has 1 N–H and O–H groups in total. The number of nitrogens with one attached hydrogen (secondary N) is 1. The Morgan fingerprint density at radius 1 is 1.24 bits per heavy atom. The van der Waals surface area contributed by atoms with E-state index in [2.05, 4.69) is 9.50 Å². The van der Waals surface area contributed by atoms with Crippen molar-refractivity contribution in [3.8, 4) is 5.75 Å². The number of anilines is 1. The average Bonchev–Trinajstić information content (AvgIpc) is 2.37. The topological polar surface area (TPSA) is 90.9 Å². The molecule has 7 nitrogen and oxygen atoms in total. The molecular formula is C13H19NO6S. The third-order valence-corrected chi connectivity index (χ3v) is 2.93. The van der Waals surface area contributed by atoms with Crippen LogP contribution in [0.1, 0.15) is 27.2 Å². The fraction of sp³-hybridized carbons (Fsp3) is 0.462. The zero-order valence-corrected chi connectivity index (χ0v) is 13.0. The Balaban J connectivity index is 2.60. The molecule has 0 aliphatic rings. The van der Waals surface area contributed by atoms with Gasteiger partial charge in [-0.2, -0.15) is 8.42 Å². The van der Waals surface area contributed by atoms with Crippen LogP contribution in [0.5, 0.6) is 5.75 Å². The number of ether oxygens (including phenoxy) is 1. The summed E-state index contributed by atoms with van der Waals surface area (Å²) in [6, 6.07) is 5.79. The second-order valence-corrected chi connectivity index (χ2v) is 5.64. The molecule has 0 atom stereocenters. The molecule has 21 heavy (non-hydrogen) atoms. The van der Waals surface area contributed by atoms with Crippen molar-refractivity contribution in [2.24, 2.45) is 0 Å². The van der Waals surface area contributed by atoms with Crippen molar-refractivity contribution in [1.82, 2.24) is 0 Å². The molecule has 1 rings (SSSR count). The first-order valence-electron chi connectivity index (χ1n) is 6.49. The molecular weight excluding hydrogens is 298 g/mol. The third kappa shape index (κ3) is 6.96. The molecule has 1 aromatic rings. The highest BCUT2D eigenvalue weighted by Gasteiger charge is 2.13. The van der Waals surface area contributed by atoms with E-state index < -0.39 is 16.5 Å². The molecule has 0 aromatic heterocycles. The molecule has 0 aliphatic carbocycles. The highest BCUT2D eigenvalue weighted by Crippen LogP contribution is 2.18. The lowest BCUT2D eigenvalue weighted by molar-refractivity contribution is 0.130. The molecule has 0 unspecified atom stereocenters. The van der Waals surface area contributed by atoms with Crippen LogP contribution in [0, 0.1) is 0 Å². The Bertz CT molecular complexity index is 553. The average molecular weight is 317 g/mol. The first kappa shape index (κ1) is 17.3. The van der Waals surface area contributed by atoms with Crippen LogP contribution in [0.3, 0.4) is 0 Å². The summed E-state index contributed by atoms with van der Waals surface area (Å²) in [5.41, 5.74) is 0.458. The van der Waals surface area contributed by atoms with Crippen LogP contribution in [0.25, 0.3) is 0 Å². The van der Waals surface area contributed by atoms with Gasteiger partial charge in [-0.25, -0.2) is 8.98 Å². The maximum atomic E-state index is 11.4. The predicted molar refractivity (Wildman–Crippen MR) is 77.5 cm³/mol. The van der Waals surface area contributed by atoms with E-state index in [4.69, 9.17) is 8.92 Å². The van der Waals surface area contributed by atoms with E-state index in [9.17, 15) is 13.2 Å². The molecule has 1 aromatic carbocycles. The molecule has 8 heteroatoms. The number of carbonyl (C=O) groups excluding carboxylic acids is 1. The summed E-state index contributed by atoms with van der Waals surface area (Å²) in [7, 11) is -4.06. The Morgan fingerprint density at radius 2 is 1.86 bits per heavy atom. The molecule has 0 spiro atoms. The van der Waals surface area contributed by atoms with Crippen LogP contribution >= 0.6 is 0 Å². The lowest BCUT2D eigenvalue weighted by atomic mass is 10.3. The predicted octanol–water partition coefficient (Wildman–Crippen LogP) is 2.69. The fourth-order valence-electron chi connectivity index (χ4n) is 1.28. The van der Waals surface area contributed by atoms with Gasteiger partial charge in [0.15, 0.2) is 0 Å². The highest BCUT2D eigenvalue weighted by molar-refractivity contribution is 7.82. The van der Waals surface area contributed by atoms with Crippen LogP contribution in [0.15, 0.2) is 24.3 Å². The maximum Gasteiger partial charge on any atom is 0.449 e. The van der Waals surface area contributed by atoms with Crippen LogP contribution in [-0.2, 0) is 19.3 Å². The molecule has 0 fully saturated rings. The van der Waals surface area contributed by atoms with Gasteiger partial charge < -0.3 is 8.92 Å². The minimum atomic E-state index is -4.06. The summed E-state index contributed by atoms with van der Waals surface area (Å²) >= 11 is 0. The van der Waals surface area contributed by atoms with E-state index in [1.54, 1.807) is 20.8 Å². The molecule has 0 saturated carbocycles. The Labute approximate surface area is 124 Å². The van der Waals surface area contributed by atoms with Crippen molar-refractivity contribution < 1.29 is 26.3 Å². The lowest BCUT2D eigenvalue weighted by Crippen LogP contribution is -2.18. The van der Waals surface area contributed by atoms with Crippen molar-refractivity contribution >= 4 is 22.2 Å². The number of hydrogen-bond acceptors (Lipinski definition) is 6. The summed E-state index contributed by atoms with van der Waals surface area (Å²) in [5, 5.41) is 2.50. The van der Waals surface area contributed by atoms with Gasteiger partial charge >= 0.3 is 16.5 Å². The van der Waals surface area contributed by atoms with Gasteiger partial charge in [0.25, 0.3) is 0 Å². The van der Waals surface area contributed by atoms with Crippen LogP contribution in [0.2, 0.25) is 0 Å². The maximum absolute atomic E-state index is 11.4. The van der Waals surface area contributed by atoms with Crippen LogP contribution < -0.4 is 9.50 Å². The first-order valence-corrected chi connectivity index (χ1v) is 7.82. The summed E-state index contributed by atoms with van der Waals surface area (Å²) in [6.07, 6.45) is -0.255. The van der Waals surface area contributed by atoms with E-state index >= 15 is 0 Å². The van der Waals surface area contributed by atoms with Gasteiger partial charge in [0, 0.05) is 5.69 Å². The second kappa shape index (κ2) is 7.84. The zero-order chi connectivity index (χ0) is 15.9. The van der Waals surface area contributed by atoms with E-state index in [1.165, 1.54) is 24.3 Å². The Morgan fingerprint density at radius 3 is 2.38 bits per heavy atom. The molecule has 0 saturated heterocycles. The minimum Gasteiger partial charge on any atom is -0.447 e. The summed E-state index contributed by atoms with van der Waals surface area (Å²) in [5.74, 6) is 0.0916. The highest BCUT2D eigenvalue weighted by atomic mass is 32.3. The van der Waals surface area contributed by atoms with Crippen molar-refractivity contribution in [3.63, 3.8) is 0 Å². The normalized spacial score (nSPS) is 11.2. The Kier molecular flexibility index (Phi) is 6.44. The van der Waals surface area contributed by atoms with Crippen LogP contribution in [0.4, 0.5) is 10.5 Å². The lowest BCUT2D eigenvalue weighted by Gasteiger charge is -2.10. The van der Waals surface area contributed by atoms with Gasteiger partial charge in [-0.15, -0.1) is 0 Å². The summed E-state index contributed by atoms with van der Waals surface area (Å²) in [6.45, 7) is 5.31. The van der Waals surface area contributed by atoms with Gasteiger partial charge in [-0.3, -0.25) is 5.32 Å². The van der Waals surface area contributed by atoms with Crippen molar-refractivity contribution in [2.75, 3.05) is 11.9 Å². The first-order chi connectivity index (χ1) is 9.82. The monoisotopic (exact) mass is 317 g/mol. The molecule has 1 amide bonds. The Hall–Kier alpha value is -1.80. The second-order valence-electron chi connectivity index (χ2n) is 4.42. The molecule has 0 aliphatic heterocycles. The molecule has 0 heterocycles. The minimum absolute atomic E-state index is 0.0585. The number of rotatable bonds is 7. The molecule has 0 radical (unpaired) electrons. The van der Waals surface area contributed by atoms with E-state index in [0.29, 0.717) is 12.1 Å². The quantitative estimate of drug-likeness (QED) is 0.831. The van der Waals surface area contributed by atoms with E-state index in [-0.39, 0.29) is 18.5 Å². The van der Waals surface area contributed by atoms with Gasteiger partial charge in [0.2, 0.25) is 0 Å². The van der Waals surface area contributed by atoms with Gasteiger partial charge in [-0.1, -0.05) is 6.92 Å². The van der Waals surface area contributed by atoms with Crippen molar-refractivity contribution in [1.29, 1.82) is 0 Å². The smallest absolute Gasteiger partial charge is 0.447 e. The standard InChI is InChI=1S/C13H19NO6S/c1-4-9-18-21(16,17)20-12-7-5-11(6-8-12)14-13(15)19-10(2)3/h5-8,10H,4,9H2,1-3H3,(H,14,15). The number of carbonyl (C=O) groups is 1. The van der Waals surface area contributed by atoms with E-state index in [1.807, 2.05) is 0 Å². The number of hydrogen-bond donors (Lipinski definition) is 1.